The Hall–Kier alpha value is -1.84. The predicted molar refractivity (Wildman–Crippen MR) is 64.6 cm³/mol. The SMILES string of the molecule is COc1ccc(-c2ccn(C(C)C)n2)c(F)c1. The zero-order chi connectivity index (χ0) is 12.4. The van der Waals surface area contributed by atoms with E-state index in [1.807, 2.05) is 26.1 Å². The summed E-state index contributed by atoms with van der Waals surface area (Å²) in [5, 5.41) is 4.33. The van der Waals surface area contributed by atoms with Gasteiger partial charge in [-0.2, -0.15) is 5.10 Å². The van der Waals surface area contributed by atoms with E-state index in [1.54, 1.807) is 16.8 Å². The highest BCUT2D eigenvalue weighted by atomic mass is 19.1. The quantitative estimate of drug-likeness (QED) is 0.814. The number of hydrogen-bond acceptors (Lipinski definition) is 2. The Bertz CT molecular complexity index is 520. The van der Waals surface area contributed by atoms with E-state index in [1.165, 1.54) is 13.2 Å². The molecule has 17 heavy (non-hydrogen) atoms. The molecule has 1 heterocycles. The molecule has 0 aliphatic carbocycles. The summed E-state index contributed by atoms with van der Waals surface area (Å²) in [6.45, 7) is 4.06. The summed E-state index contributed by atoms with van der Waals surface area (Å²) in [6.07, 6.45) is 1.85. The predicted octanol–water partition coefficient (Wildman–Crippen LogP) is 3.28. The highest BCUT2D eigenvalue weighted by Crippen LogP contribution is 2.25. The van der Waals surface area contributed by atoms with Crippen LogP contribution >= 0.6 is 0 Å². The van der Waals surface area contributed by atoms with Crippen molar-refractivity contribution in [3.05, 3.63) is 36.3 Å². The van der Waals surface area contributed by atoms with Gasteiger partial charge in [-0.3, -0.25) is 4.68 Å². The average molecular weight is 234 g/mol. The van der Waals surface area contributed by atoms with Gasteiger partial charge in [-0.15, -0.1) is 0 Å². The summed E-state index contributed by atoms with van der Waals surface area (Å²) in [4.78, 5) is 0. The summed E-state index contributed by atoms with van der Waals surface area (Å²) in [6, 6.07) is 6.85. The molecule has 4 heteroatoms. The highest BCUT2D eigenvalue weighted by molar-refractivity contribution is 5.60. The Morgan fingerprint density at radius 3 is 2.59 bits per heavy atom. The number of aromatic nitrogens is 2. The van der Waals surface area contributed by atoms with Crippen molar-refractivity contribution in [2.24, 2.45) is 0 Å². The summed E-state index contributed by atoms with van der Waals surface area (Å²) in [7, 11) is 1.52. The third-order valence-electron chi connectivity index (χ3n) is 2.59. The van der Waals surface area contributed by atoms with E-state index in [9.17, 15) is 4.39 Å². The third-order valence-corrected chi connectivity index (χ3v) is 2.59. The standard InChI is InChI=1S/C13H15FN2O/c1-9(2)16-7-6-13(15-16)11-5-4-10(17-3)8-12(11)14/h4-9H,1-3H3. The average Bonchev–Trinajstić information content (AvgIpc) is 2.78. The van der Waals surface area contributed by atoms with Crippen LogP contribution in [0.5, 0.6) is 5.75 Å². The molecule has 0 amide bonds. The fourth-order valence-electron chi connectivity index (χ4n) is 1.60. The lowest BCUT2D eigenvalue weighted by Gasteiger charge is -2.05. The molecular formula is C13H15FN2O. The van der Waals surface area contributed by atoms with E-state index in [-0.39, 0.29) is 11.9 Å². The van der Waals surface area contributed by atoms with Crippen molar-refractivity contribution in [2.45, 2.75) is 19.9 Å². The smallest absolute Gasteiger partial charge is 0.136 e. The fourth-order valence-corrected chi connectivity index (χ4v) is 1.60. The zero-order valence-corrected chi connectivity index (χ0v) is 10.1. The van der Waals surface area contributed by atoms with Crippen LogP contribution in [0.2, 0.25) is 0 Å². The van der Waals surface area contributed by atoms with Gasteiger partial charge in [0, 0.05) is 23.9 Å². The van der Waals surface area contributed by atoms with Gasteiger partial charge in [0.2, 0.25) is 0 Å². The molecule has 0 spiro atoms. The minimum atomic E-state index is -0.321. The van der Waals surface area contributed by atoms with Crippen molar-refractivity contribution < 1.29 is 9.13 Å². The molecule has 0 aliphatic heterocycles. The number of methoxy groups -OCH3 is 1. The largest absolute Gasteiger partial charge is 0.497 e. The first-order chi connectivity index (χ1) is 8.11. The molecule has 0 N–H and O–H groups in total. The molecular weight excluding hydrogens is 219 g/mol. The lowest BCUT2D eigenvalue weighted by molar-refractivity contribution is 0.411. The van der Waals surface area contributed by atoms with Crippen LogP contribution in [0.3, 0.4) is 0 Å². The highest BCUT2D eigenvalue weighted by Gasteiger charge is 2.10. The Kier molecular flexibility index (Phi) is 3.13. The maximum absolute atomic E-state index is 13.8. The first kappa shape index (κ1) is 11.6. The van der Waals surface area contributed by atoms with Gasteiger partial charge in [0.1, 0.15) is 11.6 Å². The van der Waals surface area contributed by atoms with Crippen molar-refractivity contribution in [3.63, 3.8) is 0 Å². The summed E-state index contributed by atoms with van der Waals surface area (Å²) < 4.78 is 20.6. The molecule has 1 aromatic carbocycles. The van der Waals surface area contributed by atoms with Gasteiger partial charge in [-0.25, -0.2) is 4.39 Å². The molecule has 1 aromatic heterocycles. The third kappa shape index (κ3) is 2.30. The van der Waals surface area contributed by atoms with Gasteiger partial charge in [-0.1, -0.05) is 0 Å². The Morgan fingerprint density at radius 1 is 1.29 bits per heavy atom. The molecule has 0 radical (unpaired) electrons. The first-order valence-electron chi connectivity index (χ1n) is 5.51. The fraction of sp³-hybridized carbons (Fsp3) is 0.308. The molecule has 0 saturated carbocycles. The van der Waals surface area contributed by atoms with Crippen LogP contribution in [0, 0.1) is 5.82 Å². The molecule has 2 aromatic rings. The van der Waals surface area contributed by atoms with Crippen LogP contribution in [0.25, 0.3) is 11.3 Å². The lowest BCUT2D eigenvalue weighted by Crippen LogP contribution is -2.01. The maximum atomic E-state index is 13.8. The van der Waals surface area contributed by atoms with Crippen molar-refractivity contribution in [1.29, 1.82) is 0 Å². The molecule has 0 unspecified atom stereocenters. The number of benzene rings is 1. The number of halogens is 1. The van der Waals surface area contributed by atoms with Gasteiger partial charge < -0.3 is 4.74 Å². The molecule has 90 valence electrons. The van der Waals surface area contributed by atoms with Crippen LogP contribution in [0.1, 0.15) is 19.9 Å². The molecule has 0 saturated heterocycles. The van der Waals surface area contributed by atoms with Crippen LogP contribution in [-0.4, -0.2) is 16.9 Å². The lowest BCUT2D eigenvalue weighted by atomic mass is 10.1. The van der Waals surface area contributed by atoms with E-state index in [0.29, 0.717) is 17.0 Å². The number of hydrogen-bond donors (Lipinski definition) is 0. The minimum absolute atomic E-state index is 0.269. The van der Waals surface area contributed by atoms with Crippen molar-refractivity contribution in [3.8, 4) is 17.0 Å². The zero-order valence-electron chi connectivity index (χ0n) is 10.1. The van der Waals surface area contributed by atoms with Gasteiger partial charge >= 0.3 is 0 Å². The van der Waals surface area contributed by atoms with Gasteiger partial charge in [-0.05, 0) is 32.0 Å². The monoisotopic (exact) mass is 234 g/mol. The Labute approximate surface area is 99.8 Å². The van der Waals surface area contributed by atoms with E-state index in [2.05, 4.69) is 5.10 Å². The number of ether oxygens (including phenoxy) is 1. The molecule has 0 fully saturated rings. The van der Waals surface area contributed by atoms with E-state index in [4.69, 9.17) is 4.74 Å². The molecule has 2 rings (SSSR count). The number of rotatable bonds is 3. The molecule has 0 atom stereocenters. The second kappa shape index (κ2) is 4.57. The van der Waals surface area contributed by atoms with Crippen LogP contribution in [0.15, 0.2) is 30.5 Å². The van der Waals surface area contributed by atoms with Gasteiger partial charge in [0.05, 0.1) is 12.8 Å². The van der Waals surface area contributed by atoms with Crippen LogP contribution < -0.4 is 4.74 Å². The van der Waals surface area contributed by atoms with Crippen LogP contribution in [0.4, 0.5) is 4.39 Å². The molecule has 0 aliphatic rings. The second-order valence-electron chi connectivity index (χ2n) is 4.12. The summed E-state index contributed by atoms with van der Waals surface area (Å²) in [5.41, 5.74) is 1.13. The summed E-state index contributed by atoms with van der Waals surface area (Å²) in [5.74, 6) is 0.188. The maximum Gasteiger partial charge on any atom is 0.136 e. The van der Waals surface area contributed by atoms with Gasteiger partial charge in [0.15, 0.2) is 0 Å². The Morgan fingerprint density at radius 2 is 2.06 bits per heavy atom. The first-order valence-corrected chi connectivity index (χ1v) is 5.51. The Balaban J connectivity index is 2.38. The van der Waals surface area contributed by atoms with E-state index in [0.717, 1.165) is 0 Å². The van der Waals surface area contributed by atoms with Crippen molar-refractivity contribution >= 4 is 0 Å². The van der Waals surface area contributed by atoms with Crippen molar-refractivity contribution in [2.75, 3.05) is 7.11 Å². The van der Waals surface area contributed by atoms with E-state index >= 15 is 0 Å². The van der Waals surface area contributed by atoms with Crippen LogP contribution in [-0.2, 0) is 0 Å². The second-order valence-corrected chi connectivity index (χ2v) is 4.12. The normalized spacial score (nSPS) is 10.9. The molecule has 3 nitrogen and oxygen atoms in total. The molecule has 0 bridgehead atoms. The summed E-state index contributed by atoms with van der Waals surface area (Å²) >= 11 is 0. The minimum Gasteiger partial charge on any atom is -0.497 e. The number of nitrogens with zero attached hydrogens (tertiary/aromatic N) is 2. The topological polar surface area (TPSA) is 27.1 Å². The van der Waals surface area contributed by atoms with E-state index < -0.39 is 0 Å². The van der Waals surface area contributed by atoms with Crippen molar-refractivity contribution in [1.82, 2.24) is 9.78 Å². The van der Waals surface area contributed by atoms with Gasteiger partial charge in [0.25, 0.3) is 0 Å².